The molecule has 0 heterocycles. The van der Waals surface area contributed by atoms with Gasteiger partial charge in [0.05, 0.1) is 0 Å². The lowest BCUT2D eigenvalue weighted by Crippen LogP contribution is -2.57. The van der Waals surface area contributed by atoms with Crippen molar-refractivity contribution in [1.29, 1.82) is 0 Å². The number of likely N-dealkylation sites (N-methyl/N-ethyl adjacent to an activating group) is 1. The highest BCUT2D eigenvalue weighted by Gasteiger charge is 2.34. The molecule has 2 atom stereocenters. The molecule has 3 nitrogen and oxygen atoms in total. The first-order valence-corrected chi connectivity index (χ1v) is 8.41. The molecule has 0 aromatic rings. The van der Waals surface area contributed by atoms with E-state index in [1.807, 2.05) is 0 Å². The van der Waals surface area contributed by atoms with E-state index >= 15 is 0 Å². The lowest BCUT2D eigenvalue weighted by molar-refractivity contribution is 0.0490. The lowest BCUT2D eigenvalue weighted by atomic mass is 9.82. The summed E-state index contributed by atoms with van der Waals surface area (Å²) in [7, 11) is 4.30. The van der Waals surface area contributed by atoms with Crippen molar-refractivity contribution in [3.8, 4) is 0 Å². The molecule has 0 aromatic heterocycles. The lowest BCUT2D eigenvalue weighted by Gasteiger charge is -2.46. The third-order valence-electron chi connectivity index (χ3n) is 4.54. The van der Waals surface area contributed by atoms with Crippen molar-refractivity contribution in [3.63, 3.8) is 0 Å². The molecule has 0 aliphatic carbocycles. The first kappa shape index (κ1) is 19.9. The van der Waals surface area contributed by atoms with Gasteiger partial charge in [-0.15, -0.1) is 0 Å². The summed E-state index contributed by atoms with van der Waals surface area (Å²) in [4.78, 5) is 4.94. The van der Waals surface area contributed by atoms with Crippen LogP contribution < -0.4 is 5.73 Å². The SMILES string of the molecule is CCC(C)CC(CC)(CN)N(CCN(C)C)CC(C)C. The number of rotatable bonds is 11. The summed E-state index contributed by atoms with van der Waals surface area (Å²) in [5.41, 5.74) is 6.43. The molecular formula is C17H39N3. The number of nitrogens with zero attached hydrogens (tertiary/aromatic N) is 2. The number of hydrogen-bond acceptors (Lipinski definition) is 3. The number of nitrogens with two attached hydrogens (primary N) is 1. The Morgan fingerprint density at radius 2 is 1.65 bits per heavy atom. The average Bonchev–Trinajstić information content (AvgIpc) is 2.40. The average molecular weight is 286 g/mol. The van der Waals surface area contributed by atoms with Crippen molar-refractivity contribution in [2.45, 2.75) is 59.4 Å². The molecule has 0 aliphatic heterocycles. The van der Waals surface area contributed by atoms with Crippen molar-refractivity contribution in [2.75, 3.05) is 40.3 Å². The van der Waals surface area contributed by atoms with E-state index in [9.17, 15) is 0 Å². The third kappa shape index (κ3) is 6.55. The van der Waals surface area contributed by atoms with Crippen LogP contribution >= 0.6 is 0 Å². The predicted octanol–water partition coefficient (Wildman–Crippen LogP) is 3.05. The molecule has 0 saturated carbocycles. The van der Waals surface area contributed by atoms with E-state index < -0.39 is 0 Å². The van der Waals surface area contributed by atoms with E-state index in [0.29, 0.717) is 5.92 Å². The molecule has 2 N–H and O–H groups in total. The fraction of sp³-hybridized carbons (Fsp3) is 1.00. The summed E-state index contributed by atoms with van der Waals surface area (Å²) in [6.45, 7) is 15.7. The molecule has 0 radical (unpaired) electrons. The van der Waals surface area contributed by atoms with Gasteiger partial charge in [-0.25, -0.2) is 0 Å². The van der Waals surface area contributed by atoms with Crippen LogP contribution in [-0.2, 0) is 0 Å². The van der Waals surface area contributed by atoms with Crippen LogP contribution in [0, 0.1) is 11.8 Å². The minimum absolute atomic E-state index is 0.176. The second kappa shape index (κ2) is 9.75. The summed E-state index contributed by atoms with van der Waals surface area (Å²) >= 11 is 0. The van der Waals surface area contributed by atoms with Crippen molar-refractivity contribution in [1.82, 2.24) is 9.80 Å². The normalized spacial score (nSPS) is 16.9. The summed E-state index contributed by atoms with van der Waals surface area (Å²) in [6, 6.07) is 0. The topological polar surface area (TPSA) is 32.5 Å². The molecule has 20 heavy (non-hydrogen) atoms. The smallest absolute Gasteiger partial charge is 0.0332 e. The monoisotopic (exact) mass is 285 g/mol. The fourth-order valence-electron chi connectivity index (χ4n) is 2.93. The van der Waals surface area contributed by atoms with Gasteiger partial charge < -0.3 is 10.6 Å². The van der Waals surface area contributed by atoms with Crippen molar-refractivity contribution >= 4 is 0 Å². The summed E-state index contributed by atoms with van der Waals surface area (Å²) < 4.78 is 0. The summed E-state index contributed by atoms with van der Waals surface area (Å²) in [5, 5.41) is 0. The zero-order valence-corrected chi connectivity index (χ0v) is 15.1. The Kier molecular flexibility index (Phi) is 9.69. The molecule has 0 amide bonds. The van der Waals surface area contributed by atoms with Gasteiger partial charge in [0.15, 0.2) is 0 Å². The van der Waals surface area contributed by atoms with E-state index in [-0.39, 0.29) is 5.54 Å². The van der Waals surface area contributed by atoms with E-state index in [2.05, 4.69) is 58.5 Å². The van der Waals surface area contributed by atoms with Crippen LogP contribution in [0.25, 0.3) is 0 Å². The first-order chi connectivity index (χ1) is 9.31. The van der Waals surface area contributed by atoms with Crippen LogP contribution in [0.2, 0.25) is 0 Å². The van der Waals surface area contributed by atoms with Crippen molar-refractivity contribution in [2.24, 2.45) is 17.6 Å². The molecule has 2 unspecified atom stereocenters. The van der Waals surface area contributed by atoms with Gasteiger partial charge in [-0.05, 0) is 38.8 Å². The van der Waals surface area contributed by atoms with Crippen LogP contribution in [-0.4, -0.2) is 55.6 Å². The molecule has 0 fully saturated rings. The standard InChI is InChI=1S/C17H39N3/c1-8-16(5)12-17(9-2,14-18)20(13-15(3)4)11-10-19(6)7/h15-16H,8-14,18H2,1-7H3. The van der Waals surface area contributed by atoms with Gasteiger partial charge in [-0.3, -0.25) is 4.90 Å². The Balaban J connectivity index is 5.05. The van der Waals surface area contributed by atoms with Crippen LogP contribution in [0.1, 0.15) is 53.9 Å². The minimum atomic E-state index is 0.176. The zero-order chi connectivity index (χ0) is 15.8. The molecule has 122 valence electrons. The van der Waals surface area contributed by atoms with Gasteiger partial charge in [0.1, 0.15) is 0 Å². The Labute approximate surface area is 127 Å². The molecule has 0 saturated heterocycles. The van der Waals surface area contributed by atoms with E-state index in [1.54, 1.807) is 0 Å². The predicted molar refractivity (Wildman–Crippen MR) is 91.1 cm³/mol. The van der Waals surface area contributed by atoms with Gasteiger partial charge in [0, 0.05) is 31.7 Å². The van der Waals surface area contributed by atoms with Gasteiger partial charge >= 0.3 is 0 Å². The van der Waals surface area contributed by atoms with Gasteiger partial charge in [-0.2, -0.15) is 0 Å². The molecule has 0 bridgehead atoms. The summed E-state index contributed by atoms with van der Waals surface area (Å²) in [6.07, 6.45) is 3.61. The summed E-state index contributed by atoms with van der Waals surface area (Å²) in [5.74, 6) is 1.43. The second-order valence-electron chi connectivity index (χ2n) is 7.14. The Morgan fingerprint density at radius 3 is 2.00 bits per heavy atom. The largest absolute Gasteiger partial charge is 0.329 e. The highest BCUT2D eigenvalue weighted by Crippen LogP contribution is 2.29. The molecule has 0 aliphatic rings. The quantitative estimate of drug-likeness (QED) is 0.633. The van der Waals surface area contributed by atoms with Crippen molar-refractivity contribution in [3.05, 3.63) is 0 Å². The van der Waals surface area contributed by atoms with Gasteiger partial charge in [0.25, 0.3) is 0 Å². The van der Waals surface area contributed by atoms with Crippen LogP contribution in [0.15, 0.2) is 0 Å². The molecule has 0 rings (SSSR count). The van der Waals surface area contributed by atoms with Crippen LogP contribution in [0.3, 0.4) is 0 Å². The first-order valence-electron chi connectivity index (χ1n) is 8.41. The minimum Gasteiger partial charge on any atom is -0.329 e. The zero-order valence-electron chi connectivity index (χ0n) is 15.1. The van der Waals surface area contributed by atoms with Gasteiger partial charge in [0.2, 0.25) is 0 Å². The molecule has 0 aromatic carbocycles. The molecular weight excluding hydrogens is 246 g/mol. The second-order valence-corrected chi connectivity index (χ2v) is 7.14. The Bertz CT molecular complexity index is 234. The van der Waals surface area contributed by atoms with Crippen molar-refractivity contribution < 1.29 is 0 Å². The van der Waals surface area contributed by atoms with Crippen LogP contribution in [0.5, 0.6) is 0 Å². The van der Waals surface area contributed by atoms with Gasteiger partial charge in [-0.1, -0.05) is 41.0 Å². The Morgan fingerprint density at radius 1 is 1.05 bits per heavy atom. The molecule has 3 heteroatoms. The third-order valence-corrected chi connectivity index (χ3v) is 4.54. The maximum atomic E-state index is 6.25. The Hall–Kier alpha value is -0.120. The van der Waals surface area contributed by atoms with Crippen LogP contribution in [0.4, 0.5) is 0 Å². The number of hydrogen-bond donors (Lipinski definition) is 1. The van der Waals surface area contributed by atoms with E-state index in [0.717, 1.165) is 38.5 Å². The fourth-order valence-corrected chi connectivity index (χ4v) is 2.93. The highest BCUT2D eigenvalue weighted by atomic mass is 15.2. The van der Waals surface area contributed by atoms with E-state index in [1.165, 1.54) is 12.8 Å². The van der Waals surface area contributed by atoms with E-state index in [4.69, 9.17) is 5.73 Å². The molecule has 0 spiro atoms. The maximum Gasteiger partial charge on any atom is 0.0332 e. The highest BCUT2D eigenvalue weighted by molar-refractivity contribution is 4.92. The maximum absolute atomic E-state index is 6.25.